The molecule has 0 atom stereocenters. The Hall–Kier alpha value is -4.45. The summed E-state index contributed by atoms with van der Waals surface area (Å²) >= 11 is 0. The Morgan fingerprint density at radius 1 is 0.850 bits per heavy atom. The Labute approximate surface area is 232 Å². The van der Waals surface area contributed by atoms with E-state index >= 15 is 0 Å². The van der Waals surface area contributed by atoms with Gasteiger partial charge in [-0.15, -0.1) is 0 Å². The lowest BCUT2D eigenvalue weighted by molar-refractivity contribution is 0.0594. The largest absolute Gasteiger partial charge is 0.490 e. The molecule has 0 bridgehead atoms. The highest BCUT2D eigenvalue weighted by molar-refractivity contribution is 5.96. The van der Waals surface area contributed by atoms with Crippen molar-refractivity contribution in [3.05, 3.63) is 89.5 Å². The third-order valence-corrected chi connectivity index (χ3v) is 7.38. The molecule has 1 aliphatic heterocycles. The maximum Gasteiger partial charge on any atom is 0.270 e. The molecule has 1 N–H and O–H groups in total. The van der Waals surface area contributed by atoms with E-state index in [0.717, 1.165) is 31.4 Å². The lowest BCUT2D eigenvalue weighted by Crippen LogP contribution is -2.42. The molecule has 1 aliphatic carbocycles. The fraction of sp³-hybridized carbons (Fsp3) is 0.355. The maximum atomic E-state index is 13.1. The van der Waals surface area contributed by atoms with Crippen molar-refractivity contribution in [2.45, 2.75) is 56.8 Å². The van der Waals surface area contributed by atoms with Gasteiger partial charge >= 0.3 is 0 Å². The molecule has 2 fully saturated rings. The summed E-state index contributed by atoms with van der Waals surface area (Å²) in [6.07, 6.45) is 6.08. The Kier molecular flexibility index (Phi) is 8.55. The zero-order valence-corrected chi connectivity index (χ0v) is 22.1. The molecule has 0 spiro atoms. The quantitative estimate of drug-likeness (QED) is 0.456. The summed E-state index contributed by atoms with van der Waals surface area (Å²) < 4.78 is 25.0. The number of piperidine rings is 1. The fourth-order valence-electron chi connectivity index (χ4n) is 5.10. The number of aromatic nitrogens is 1. The Morgan fingerprint density at radius 3 is 2.02 bits per heavy atom. The van der Waals surface area contributed by atoms with Crippen LogP contribution in [0.25, 0.3) is 0 Å². The molecule has 2 aromatic carbocycles. The molecule has 0 unspecified atom stereocenters. The minimum atomic E-state index is -0.306. The van der Waals surface area contributed by atoms with E-state index < -0.39 is 0 Å². The Balaban J connectivity index is 1.05. The normalized spacial score (nSPS) is 19.4. The van der Waals surface area contributed by atoms with Crippen LogP contribution >= 0.6 is 0 Å². The van der Waals surface area contributed by atoms with Gasteiger partial charge in [0.2, 0.25) is 0 Å². The Morgan fingerprint density at radius 2 is 1.45 bits per heavy atom. The van der Waals surface area contributed by atoms with Crippen LogP contribution in [0.4, 0.5) is 4.39 Å². The van der Waals surface area contributed by atoms with Crippen LogP contribution in [0.5, 0.6) is 11.5 Å². The van der Waals surface area contributed by atoms with Crippen LogP contribution in [0.3, 0.4) is 0 Å². The lowest BCUT2D eigenvalue weighted by Gasteiger charge is -2.32. The van der Waals surface area contributed by atoms with Crippen LogP contribution < -0.4 is 14.8 Å². The van der Waals surface area contributed by atoms with Gasteiger partial charge in [0.05, 0.1) is 23.3 Å². The maximum absolute atomic E-state index is 13.1. The van der Waals surface area contributed by atoms with Gasteiger partial charge in [-0.1, -0.05) is 0 Å². The van der Waals surface area contributed by atoms with E-state index in [1.54, 1.807) is 53.4 Å². The van der Waals surface area contributed by atoms with Crippen molar-refractivity contribution in [2.24, 2.45) is 0 Å². The SMILES string of the molecule is N#Cc1ccc(O[C@H]2CC[C@H](NC(=O)c3ccc(C(=O)N4CCC(Oc5ccc(F)cc5)CC4)cn3)CC2)cc1. The molecular formula is C31H31FN4O4. The number of benzene rings is 2. The number of likely N-dealkylation sites (tertiary alicyclic amines) is 1. The van der Waals surface area contributed by atoms with Crippen LogP contribution in [-0.2, 0) is 0 Å². The number of nitrogens with one attached hydrogen (secondary N) is 1. The molecule has 40 heavy (non-hydrogen) atoms. The molecule has 8 nitrogen and oxygen atoms in total. The number of rotatable bonds is 7. The fourth-order valence-corrected chi connectivity index (χ4v) is 5.10. The molecule has 9 heteroatoms. The number of nitriles is 1. The summed E-state index contributed by atoms with van der Waals surface area (Å²) in [4.78, 5) is 31.8. The third-order valence-electron chi connectivity index (χ3n) is 7.38. The Bertz CT molecular complexity index is 1340. The van der Waals surface area contributed by atoms with Crippen molar-refractivity contribution >= 4 is 11.8 Å². The topological polar surface area (TPSA) is 105 Å². The average Bonchev–Trinajstić information content (AvgIpc) is 3.00. The minimum absolute atomic E-state index is 0.0312. The number of nitrogens with zero attached hydrogens (tertiary/aromatic N) is 3. The first-order chi connectivity index (χ1) is 19.5. The molecular weight excluding hydrogens is 511 g/mol. The number of carbonyl (C=O) groups is 2. The first kappa shape index (κ1) is 27.1. The highest BCUT2D eigenvalue weighted by atomic mass is 19.1. The van der Waals surface area contributed by atoms with Gasteiger partial charge < -0.3 is 19.7 Å². The predicted octanol–water partition coefficient (Wildman–Crippen LogP) is 4.90. The summed E-state index contributed by atoms with van der Waals surface area (Å²) in [5.41, 5.74) is 1.31. The van der Waals surface area contributed by atoms with E-state index in [1.165, 1.54) is 18.3 Å². The summed E-state index contributed by atoms with van der Waals surface area (Å²) in [7, 11) is 0. The molecule has 1 saturated heterocycles. The number of hydrogen-bond donors (Lipinski definition) is 1. The van der Waals surface area contributed by atoms with E-state index in [0.29, 0.717) is 42.8 Å². The van der Waals surface area contributed by atoms with Gasteiger partial charge in [0, 0.05) is 38.2 Å². The standard InChI is InChI=1S/C31H31FN4O4/c32-23-4-10-26(11-5-23)40-28-15-17-36(18-16-28)31(38)22-3-14-29(34-20-22)30(37)35-24-6-12-27(13-7-24)39-25-8-1-21(19-33)2-9-25/h1-5,8-11,14,20,24,27-28H,6-7,12-13,15-18H2,(H,35,37)/t24-,27-. The molecule has 2 aliphatic rings. The van der Waals surface area contributed by atoms with Gasteiger partial charge in [-0.3, -0.25) is 14.6 Å². The smallest absolute Gasteiger partial charge is 0.270 e. The third kappa shape index (κ3) is 6.94. The summed E-state index contributed by atoms with van der Waals surface area (Å²) in [5.74, 6) is 0.677. The van der Waals surface area contributed by atoms with Crippen molar-refractivity contribution in [3.8, 4) is 17.6 Å². The van der Waals surface area contributed by atoms with Crippen molar-refractivity contribution < 1.29 is 23.5 Å². The first-order valence-corrected chi connectivity index (χ1v) is 13.6. The first-order valence-electron chi connectivity index (χ1n) is 13.6. The molecule has 2 amide bonds. The van der Waals surface area contributed by atoms with Crippen LogP contribution in [0.15, 0.2) is 66.9 Å². The van der Waals surface area contributed by atoms with Crippen LogP contribution in [0.2, 0.25) is 0 Å². The van der Waals surface area contributed by atoms with E-state index in [9.17, 15) is 14.0 Å². The van der Waals surface area contributed by atoms with Gasteiger partial charge in [-0.05, 0) is 86.3 Å². The molecule has 3 aromatic rings. The minimum Gasteiger partial charge on any atom is -0.490 e. The van der Waals surface area contributed by atoms with Gasteiger partial charge in [0.25, 0.3) is 11.8 Å². The lowest BCUT2D eigenvalue weighted by atomic mass is 9.92. The second-order valence-electron chi connectivity index (χ2n) is 10.2. The van der Waals surface area contributed by atoms with E-state index in [1.807, 2.05) is 0 Å². The van der Waals surface area contributed by atoms with Crippen LogP contribution in [0.1, 0.15) is 64.9 Å². The van der Waals surface area contributed by atoms with E-state index in [-0.39, 0.29) is 41.6 Å². The summed E-state index contributed by atoms with van der Waals surface area (Å²) in [6.45, 7) is 1.09. The molecule has 2 heterocycles. The van der Waals surface area contributed by atoms with Crippen molar-refractivity contribution in [2.75, 3.05) is 13.1 Å². The van der Waals surface area contributed by atoms with Gasteiger partial charge in [-0.25, -0.2) is 4.39 Å². The molecule has 1 saturated carbocycles. The summed E-state index contributed by atoms with van der Waals surface area (Å²) in [5, 5.41) is 12.0. The number of ether oxygens (including phenoxy) is 2. The number of pyridine rings is 1. The van der Waals surface area contributed by atoms with Gasteiger partial charge in [-0.2, -0.15) is 5.26 Å². The second-order valence-corrected chi connectivity index (χ2v) is 10.2. The van der Waals surface area contributed by atoms with Crippen molar-refractivity contribution in [1.29, 1.82) is 5.26 Å². The number of halogens is 1. The zero-order chi connectivity index (χ0) is 27.9. The molecule has 0 radical (unpaired) electrons. The molecule has 1 aromatic heterocycles. The van der Waals surface area contributed by atoms with Crippen LogP contribution in [0, 0.1) is 17.1 Å². The number of amides is 2. The second kappa shape index (κ2) is 12.6. The zero-order valence-electron chi connectivity index (χ0n) is 22.1. The van der Waals surface area contributed by atoms with Crippen molar-refractivity contribution in [3.63, 3.8) is 0 Å². The average molecular weight is 543 g/mol. The van der Waals surface area contributed by atoms with E-state index in [4.69, 9.17) is 14.7 Å². The number of carbonyl (C=O) groups excluding carboxylic acids is 2. The predicted molar refractivity (Wildman–Crippen MR) is 145 cm³/mol. The highest BCUT2D eigenvalue weighted by Gasteiger charge is 2.26. The van der Waals surface area contributed by atoms with Gasteiger partial charge in [0.15, 0.2) is 0 Å². The van der Waals surface area contributed by atoms with Crippen molar-refractivity contribution in [1.82, 2.24) is 15.2 Å². The van der Waals surface area contributed by atoms with E-state index in [2.05, 4.69) is 16.4 Å². The molecule has 206 valence electrons. The van der Waals surface area contributed by atoms with Crippen LogP contribution in [-0.4, -0.2) is 53.0 Å². The van der Waals surface area contributed by atoms with Gasteiger partial charge in [0.1, 0.15) is 29.1 Å². The highest BCUT2D eigenvalue weighted by Crippen LogP contribution is 2.25. The monoisotopic (exact) mass is 542 g/mol. The number of hydrogen-bond acceptors (Lipinski definition) is 6. The summed E-state index contributed by atoms with van der Waals surface area (Å²) in [6, 6.07) is 18.4. The molecule has 5 rings (SSSR count).